The van der Waals surface area contributed by atoms with Crippen molar-refractivity contribution in [2.75, 3.05) is 12.4 Å². The van der Waals surface area contributed by atoms with Gasteiger partial charge in [0, 0.05) is 11.6 Å². The van der Waals surface area contributed by atoms with E-state index in [0.29, 0.717) is 17.0 Å². The van der Waals surface area contributed by atoms with Crippen LogP contribution in [0.1, 0.15) is 31.2 Å². The van der Waals surface area contributed by atoms with Gasteiger partial charge in [-0.25, -0.2) is 8.42 Å². The van der Waals surface area contributed by atoms with Crippen molar-refractivity contribution in [3.8, 4) is 5.75 Å². The first-order chi connectivity index (χ1) is 13.9. The lowest BCUT2D eigenvalue weighted by Gasteiger charge is -2.13. The standard InChI is InChI=1S/C21H24N2O4S2/c1-27-18-10-6-15(7-11-18)14-29(25,26)19-12-8-17(9-13-19)22-21(28)23-20(24)16-4-2-3-5-16/h6-13,16H,2-5,14H2,1H3,(H2,22,23,24,28). The summed E-state index contributed by atoms with van der Waals surface area (Å²) in [5, 5.41) is 5.86. The normalized spacial score (nSPS) is 14.4. The fraction of sp³-hybridized carbons (Fsp3) is 0.333. The summed E-state index contributed by atoms with van der Waals surface area (Å²) in [5.41, 5.74) is 1.30. The molecule has 0 aliphatic heterocycles. The second-order valence-corrected chi connectivity index (χ2v) is 9.45. The molecule has 1 saturated carbocycles. The Balaban J connectivity index is 1.59. The molecule has 2 N–H and O–H groups in total. The van der Waals surface area contributed by atoms with Crippen LogP contribution in [0.2, 0.25) is 0 Å². The number of sulfone groups is 1. The molecule has 0 aromatic heterocycles. The quantitative estimate of drug-likeness (QED) is 0.678. The Bertz CT molecular complexity index is 965. The van der Waals surface area contributed by atoms with E-state index in [4.69, 9.17) is 17.0 Å². The summed E-state index contributed by atoms with van der Waals surface area (Å²) in [7, 11) is -1.92. The van der Waals surface area contributed by atoms with Crippen LogP contribution in [0.3, 0.4) is 0 Å². The lowest BCUT2D eigenvalue weighted by molar-refractivity contribution is -0.123. The summed E-state index contributed by atoms with van der Waals surface area (Å²) in [6.45, 7) is 0. The van der Waals surface area contributed by atoms with Crippen LogP contribution in [0, 0.1) is 5.92 Å². The van der Waals surface area contributed by atoms with Crippen molar-refractivity contribution in [1.29, 1.82) is 0 Å². The van der Waals surface area contributed by atoms with E-state index in [1.807, 2.05) is 0 Å². The lowest BCUT2D eigenvalue weighted by Crippen LogP contribution is -2.37. The Labute approximate surface area is 176 Å². The molecule has 29 heavy (non-hydrogen) atoms. The van der Waals surface area contributed by atoms with Crippen molar-refractivity contribution >= 4 is 38.8 Å². The van der Waals surface area contributed by atoms with E-state index < -0.39 is 9.84 Å². The number of thiocarbonyl (C=S) groups is 1. The monoisotopic (exact) mass is 432 g/mol. The molecule has 0 atom stereocenters. The van der Waals surface area contributed by atoms with Crippen LogP contribution >= 0.6 is 12.2 Å². The highest BCUT2D eigenvalue weighted by Gasteiger charge is 2.23. The van der Waals surface area contributed by atoms with Gasteiger partial charge in [0.1, 0.15) is 5.75 Å². The molecule has 1 aliphatic carbocycles. The highest BCUT2D eigenvalue weighted by Crippen LogP contribution is 2.25. The minimum atomic E-state index is -3.48. The van der Waals surface area contributed by atoms with E-state index in [9.17, 15) is 13.2 Å². The molecule has 0 heterocycles. The van der Waals surface area contributed by atoms with E-state index >= 15 is 0 Å². The van der Waals surface area contributed by atoms with E-state index in [1.165, 1.54) is 12.1 Å². The number of hydrogen-bond acceptors (Lipinski definition) is 5. The summed E-state index contributed by atoms with van der Waals surface area (Å²) in [4.78, 5) is 12.3. The van der Waals surface area contributed by atoms with Crippen molar-refractivity contribution in [1.82, 2.24) is 5.32 Å². The number of benzene rings is 2. The van der Waals surface area contributed by atoms with Gasteiger partial charge in [-0.3, -0.25) is 4.79 Å². The van der Waals surface area contributed by atoms with Crippen LogP contribution in [0.5, 0.6) is 5.75 Å². The summed E-state index contributed by atoms with van der Waals surface area (Å²) in [6, 6.07) is 13.3. The Morgan fingerprint density at radius 3 is 2.28 bits per heavy atom. The second kappa shape index (κ2) is 9.37. The fourth-order valence-corrected chi connectivity index (χ4v) is 4.90. The number of ether oxygens (including phenoxy) is 1. The lowest BCUT2D eigenvalue weighted by atomic mass is 10.1. The third-order valence-electron chi connectivity index (χ3n) is 4.95. The first-order valence-corrected chi connectivity index (χ1v) is 11.5. The molecule has 6 nitrogen and oxygen atoms in total. The van der Waals surface area contributed by atoms with E-state index in [2.05, 4.69) is 10.6 Å². The van der Waals surface area contributed by atoms with Gasteiger partial charge >= 0.3 is 0 Å². The van der Waals surface area contributed by atoms with Crippen molar-refractivity contribution in [3.63, 3.8) is 0 Å². The third-order valence-corrected chi connectivity index (χ3v) is 6.86. The van der Waals surface area contributed by atoms with Gasteiger partial charge in [0.15, 0.2) is 14.9 Å². The predicted octanol–water partition coefficient (Wildman–Crippen LogP) is 3.67. The average molecular weight is 433 g/mol. The van der Waals surface area contributed by atoms with Gasteiger partial charge in [0.2, 0.25) is 5.91 Å². The average Bonchev–Trinajstić information content (AvgIpc) is 3.24. The zero-order valence-corrected chi connectivity index (χ0v) is 17.8. The third kappa shape index (κ3) is 5.77. The number of nitrogens with one attached hydrogen (secondary N) is 2. The van der Waals surface area contributed by atoms with Gasteiger partial charge in [0.05, 0.1) is 17.8 Å². The molecule has 1 amide bonds. The van der Waals surface area contributed by atoms with Gasteiger partial charge in [-0.2, -0.15) is 0 Å². The number of hydrogen-bond donors (Lipinski definition) is 2. The van der Waals surface area contributed by atoms with Crippen LogP contribution in [-0.2, 0) is 20.4 Å². The van der Waals surface area contributed by atoms with Crippen LogP contribution in [-0.4, -0.2) is 26.5 Å². The van der Waals surface area contributed by atoms with Crippen LogP contribution in [0.25, 0.3) is 0 Å². The van der Waals surface area contributed by atoms with E-state index in [-0.39, 0.29) is 27.6 Å². The summed E-state index contributed by atoms with van der Waals surface area (Å²) in [6.07, 6.45) is 3.94. The molecule has 2 aromatic carbocycles. The van der Waals surface area contributed by atoms with Crippen molar-refractivity contribution < 1.29 is 17.9 Å². The van der Waals surface area contributed by atoms with Gasteiger partial charge in [0.25, 0.3) is 0 Å². The summed E-state index contributed by atoms with van der Waals surface area (Å²) >= 11 is 5.19. The molecule has 0 radical (unpaired) electrons. The van der Waals surface area contributed by atoms with Crippen LogP contribution < -0.4 is 15.4 Å². The Morgan fingerprint density at radius 2 is 1.69 bits per heavy atom. The summed E-state index contributed by atoms with van der Waals surface area (Å²) < 4.78 is 30.4. The van der Waals surface area contributed by atoms with Crippen LogP contribution in [0.4, 0.5) is 5.69 Å². The molecule has 0 unspecified atom stereocenters. The zero-order chi connectivity index (χ0) is 20.9. The molecule has 0 spiro atoms. The first kappa shape index (κ1) is 21.3. The zero-order valence-electron chi connectivity index (χ0n) is 16.2. The van der Waals surface area contributed by atoms with E-state index in [0.717, 1.165) is 25.7 Å². The van der Waals surface area contributed by atoms with Gasteiger partial charge in [-0.05, 0) is 67.0 Å². The Morgan fingerprint density at radius 1 is 1.07 bits per heavy atom. The molecular formula is C21H24N2O4S2. The first-order valence-electron chi connectivity index (χ1n) is 9.45. The number of carbonyl (C=O) groups is 1. The molecule has 3 rings (SSSR count). The number of rotatable bonds is 6. The predicted molar refractivity (Wildman–Crippen MR) is 117 cm³/mol. The maximum atomic E-state index is 12.6. The topological polar surface area (TPSA) is 84.5 Å². The van der Waals surface area contributed by atoms with Gasteiger partial charge < -0.3 is 15.4 Å². The second-order valence-electron chi connectivity index (χ2n) is 7.06. The highest BCUT2D eigenvalue weighted by molar-refractivity contribution is 7.90. The molecule has 0 saturated heterocycles. The van der Waals surface area contributed by atoms with Crippen molar-refractivity contribution in [3.05, 3.63) is 54.1 Å². The van der Waals surface area contributed by atoms with Gasteiger partial charge in [-0.1, -0.05) is 25.0 Å². The minimum absolute atomic E-state index is 0.0280. The van der Waals surface area contributed by atoms with Crippen molar-refractivity contribution in [2.24, 2.45) is 5.92 Å². The molecule has 1 aliphatic rings. The van der Waals surface area contributed by atoms with Crippen molar-refractivity contribution in [2.45, 2.75) is 36.3 Å². The number of anilines is 1. The smallest absolute Gasteiger partial charge is 0.229 e. The number of carbonyl (C=O) groups excluding carboxylic acids is 1. The maximum absolute atomic E-state index is 12.6. The Kier molecular flexibility index (Phi) is 6.87. The van der Waals surface area contributed by atoms with Crippen LogP contribution in [0.15, 0.2) is 53.4 Å². The SMILES string of the molecule is COc1ccc(CS(=O)(=O)c2ccc(NC(=S)NC(=O)C3CCCC3)cc2)cc1. The van der Waals surface area contributed by atoms with Gasteiger partial charge in [-0.15, -0.1) is 0 Å². The molecule has 1 fully saturated rings. The van der Waals surface area contributed by atoms with E-state index in [1.54, 1.807) is 43.5 Å². The molecule has 8 heteroatoms. The molecular weight excluding hydrogens is 408 g/mol. The molecule has 0 bridgehead atoms. The molecule has 2 aromatic rings. The minimum Gasteiger partial charge on any atom is -0.497 e. The number of methoxy groups -OCH3 is 1. The summed E-state index contributed by atoms with van der Waals surface area (Å²) in [5.74, 6) is 0.552. The highest BCUT2D eigenvalue weighted by atomic mass is 32.2. The Hall–Kier alpha value is -2.45. The fourth-order valence-electron chi connectivity index (χ4n) is 3.33. The molecule has 154 valence electrons. The maximum Gasteiger partial charge on any atom is 0.229 e. The number of amides is 1. The largest absolute Gasteiger partial charge is 0.497 e.